The van der Waals surface area contributed by atoms with Crippen LogP contribution in [0.1, 0.15) is 101 Å². The Morgan fingerprint density at radius 2 is 1.72 bits per heavy atom. The average molecular weight is 1160 g/mol. The molecule has 4 aromatic rings. The van der Waals surface area contributed by atoms with Crippen molar-refractivity contribution in [2.75, 3.05) is 46.2 Å². The SMILES string of the molecule is Cc1c(F)cc2nc3c(c4c2c1CC[C@@H]4NC(=O)COCNC(=O)CNC(=O)OCc1ccc(O[C@@H]2O[C@H](CO)[C@@H](O)[C@H](O)[C@H]2O)c(C(=O)NCCNC(=O)COC2C#CCCCCC2)c1)Cn1c-3cc2c(c1=O)COC(=O)[C@]2(O)[C@@H](C)O. The van der Waals surface area contributed by atoms with E-state index in [-0.39, 0.29) is 77.3 Å². The first-order valence-corrected chi connectivity index (χ1v) is 27.1. The largest absolute Gasteiger partial charge is 0.461 e. The van der Waals surface area contributed by atoms with Crippen LogP contribution in [0.25, 0.3) is 22.3 Å². The lowest BCUT2D eigenvalue weighted by atomic mass is 9.81. The molecule has 0 spiro atoms. The minimum Gasteiger partial charge on any atom is -0.461 e. The number of carbonyl (C=O) groups is 6. The highest BCUT2D eigenvalue weighted by Crippen LogP contribution is 2.46. The summed E-state index contributed by atoms with van der Waals surface area (Å²) in [5, 5.41) is 76.3. The van der Waals surface area contributed by atoms with Crippen LogP contribution in [0.5, 0.6) is 5.75 Å². The molecular weight excluding hydrogens is 1090 g/mol. The molecule has 11 N–H and O–H groups in total. The van der Waals surface area contributed by atoms with E-state index >= 15 is 4.39 Å². The van der Waals surface area contributed by atoms with Crippen molar-refractivity contribution in [3.05, 3.63) is 91.0 Å². The van der Waals surface area contributed by atoms with E-state index < -0.39 is 135 Å². The highest BCUT2D eigenvalue weighted by molar-refractivity contribution is 5.97. The van der Waals surface area contributed by atoms with Gasteiger partial charge in [-0.1, -0.05) is 18.4 Å². The van der Waals surface area contributed by atoms with Gasteiger partial charge < -0.3 is 90.2 Å². The maximum atomic E-state index is 15.4. The summed E-state index contributed by atoms with van der Waals surface area (Å²) in [6.07, 6.45) is -6.16. The van der Waals surface area contributed by atoms with Crippen molar-refractivity contribution in [1.29, 1.82) is 0 Å². The Bertz CT molecular complexity index is 3330. The molecule has 5 aliphatic rings. The summed E-state index contributed by atoms with van der Waals surface area (Å²) < 4.78 is 49.5. The standard InChI is InChI=1S/C56H64FN7O19/c1-27-31-11-12-37(46-33-20-64-39(47(33)63-38(45(31)46)18-36(27)57)17-35-34(52(64)74)23-80-54(75)56(35,77)28(2)66)62-44(69)24-78-26-61-42(67)19-60-55(76)81-22-29-10-13-40(82-53-50(72)49(71)48(70)41(21-65)83-53)32(16-29)51(73)59-15-14-58-43(68)25-79-30-8-6-4-3-5-7-9-30/h10,13,16-18,28,30,37,41,48-50,53,65-66,70-72,77H,3-6,8,11-12,14-15,19-26H2,1-2H3,(H,58,68)(H,59,73)(H,60,76)(H,61,67)(H,62,69)/t28-,30?,37+,41-,48-,49+,50-,53-,56+/m1/s1. The van der Waals surface area contributed by atoms with E-state index in [0.29, 0.717) is 46.9 Å². The summed E-state index contributed by atoms with van der Waals surface area (Å²) in [7, 11) is 0. The predicted molar refractivity (Wildman–Crippen MR) is 284 cm³/mol. The van der Waals surface area contributed by atoms with Crippen LogP contribution < -0.4 is 36.9 Å². The maximum Gasteiger partial charge on any atom is 0.407 e. The number of ether oxygens (including phenoxy) is 6. The number of hydrogen-bond acceptors (Lipinski definition) is 20. The van der Waals surface area contributed by atoms with Gasteiger partial charge in [-0.2, -0.15) is 0 Å². The van der Waals surface area contributed by atoms with E-state index in [1.165, 1.54) is 41.8 Å². The molecule has 0 bridgehead atoms. The van der Waals surface area contributed by atoms with Crippen LogP contribution in [0.15, 0.2) is 35.1 Å². The zero-order valence-electron chi connectivity index (χ0n) is 45.3. The molecule has 5 heterocycles. The molecule has 27 heteroatoms. The number of halogens is 1. The van der Waals surface area contributed by atoms with Gasteiger partial charge in [-0.15, -0.1) is 5.92 Å². The number of pyridine rings is 2. The number of fused-ring (bicyclic) bond motifs is 5. The molecule has 3 aliphatic heterocycles. The molecule has 83 heavy (non-hydrogen) atoms. The number of rotatable bonds is 20. The third-order valence-corrected chi connectivity index (χ3v) is 15.2. The Morgan fingerprint density at radius 1 is 0.928 bits per heavy atom. The van der Waals surface area contributed by atoms with Crippen molar-refractivity contribution in [1.82, 2.24) is 36.1 Å². The lowest BCUT2D eigenvalue weighted by molar-refractivity contribution is -0.277. The van der Waals surface area contributed by atoms with E-state index in [9.17, 15) is 64.2 Å². The number of carbonyl (C=O) groups excluding carboxylic acids is 6. The quantitative estimate of drug-likeness (QED) is 0.0193. The van der Waals surface area contributed by atoms with E-state index in [1.54, 1.807) is 6.92 Å². The van der Waals surface area contributed by atoms with Crippen molar-refractivity contribution in [3.8, 4) is 29.0 Å². The van der Waals surface area contributed by atoms with Gasteiger partial charge in [0.2, 0.25) is 29.6 Å². The topological polar surface area (TPSA) is 374 Å². The lowest BCUT2D eigenvalue weighted by Crippen LogP contribution is -2.60. The molecule has 2 aromatic heterocycles. The molecule has 444 valence electrons. The molecule has 1 saturated heterocycles. The van der Waals surface area contributed by atoms with Gasteiger partial charge in [0.25, 0.3) is 11.5 Å². The average Bonchev–Trinajstić information content (AvgIpc) is 1.88. The van der Waals surface area contributed by atoms with E-state index in [1.807, 2.05) is 0 Å². The zero-order chi connectivity index (χ0) is 59.3. The summed E-state index contributed by atoms with van der Waals surface area (Å²) in [5.74, 6) is 1.75. The Kier molecular flexibility index (Phi) is 18.7. The minimum absolute atomic E-state index is 0.000512. The van der Waals surface area contributed by atoms with Gasteiger partial charge in [-0.25, -0.2) is 19.0 Å². The second-order valence-electron chi connectivity index (χ2n) is 20.7. The first-order valence-electron chi connectivity index (χ1n) is 27.1. The Labute approximate surface area is 472 Å². The number of esters is 1. The molecule has 9 rings (SSSR count). The highest BCUT2D eigenvalue weighted by Gasteiger charge is 2.51. The second-order valence-corrected chi connectivity index (χ2v) is 20.7. The summed E-state index contributed by atoms with van der Waals surface area (Å²) >= 11 is 0. The fourth-order valence-corrected chi connectivity index (χ4v) is 10.7. The first-order chi connectivity index (χ1) is 39.8. The molecule has 26 nitrogen and oxygen atoms in total. The van der Waals surface area contributed by atoms with Gasteiger partial charge in [0.15, 0.2) is 0 Å². The summed E-state index contributed by atoms with van der Waals surface area (Å²) in [6, 6.07) is 5.96. The number of benzene rings is 2. The number of cyclic esters (lactones) is 1. The van der Waals surface area contributed by atoms with Gasteiger partial charge in [0.1, 0.15) is 81.8 Å². The van der Waals surface area contributed by atoms with Crippen LogP contribution in [0.4, 0.5) is 9.18 Å². The maximum absolute atomic E-state index is 15.4. The highest BCUT2D eigenvalue weighted by atomic mass is 19.1. The monoisotopic (exact) mass is 1160 g/mol. The summed E-state index contributed by atoms with van der Waals surface area (Å²) in [4.78, 5) is 96.6. The van der Waals surface area contributed by atoms with Crippen molar-refractivity contribution in [2.45, 2.75) is 133 Å². The van der Waals surface area contributed by atoms with E-state index in [2.05, 4.69) is 38.4 Å². The fourth-order valence-electron chi connectivity index (χ4n) is 10.7. The van der Waals surface area contributed by atoms with Crippen molar-refractivity contribution < 1.29 is 92.2 Å². The summed E-state index contributed by atoms with van der Waals surface area (Å²) in [5.41, 5.74) is -0.328. The number of aromatic nitrogens is 2. The number of nitrogens with zero attached hydrogens (tertiary/aromatic N) is 2. The molecule has 2 aromatic carbocycles. The number of hydrogen-bond donors (Lipinski definition) is 11. The van der Waals surface area contributed by atoms with Crippen molar-refractivity contribution in [3.63, 3.8) is 0 Å². The molecule has 1 unspecified atom stereocenters. The smallest absolute Gasteiger partial charge is 0.407 e. The zero-order valence-corrected chi connectivity index (χ0v) is 45.3. The number of aliphatic hydroxyl groups is 6. The third kappa shape index (κ3) is 12.8. The van der Waals surface area contributed by atoms with Crippen LogP contribution in [0.3, 0.4) is 0 Å². The number of aryl methyl sites for hydroxylation is 1. The van der Waals surface area contributed by atoms with Gasteiger partial charge in [-0.05, 0) is 86.4 Å². The van der Waals surface area contributed by atoms with Gasteiger partial charge in [0.05, 0.1) is 53.3 Å². The third-order valence-electron chi connectivity index (χ3n) is 15.2. The van der Waals surface area contributed by atoms with Crippen LogP contribution in [-0.2, 0) is 74.6 Å². The number of aliphatic hydroxyl groups excluding tert-OH is 5. The minimum atomic E-state index is -2.55. The molecule has 1 fully saturated rings. The van der Waals surface area contributed by atoms with Gasteiger partial charge in [0, 0.05) is 42.1 Å². The molecule has 0 radical (unpaired) electrons. The van der Waals surface area contributed by atoms with Crippen LogP contribution >= 0.6 is 0 Å². The number of nitrogens with one attached hydrogen (secondary N) is 5. The summed E-state index contributed by atoms with van der Waals surface area (Å²) in [6.45, 7) is -0.712. The van der Waals surface area contributed by atoms with E-state index in [0.717, 1.165) is 25.7 Å². The Balaban J connectivity index is 0.772. The van der Waals surface area contributed by atoms with Crippen molar-refractivity contribution in [2.24, 2.45) is 0 Å². The molecule has 2 aliphatic carbocycles. The van der Waals surface area contributed by atoms with Crippen molar-refractivity contribution >= 4 is 46.6 Å². The Morgan fingerprint density at radius 3 is 2.51 bits per heavy atom. The molecule has 5 amide bonds. The van der Waals surface area contributed by atoms with Gasteiger partial charge in [-0.3, -0.25) is 24.0 Å². The lowest BCUT2D eigenvalue weighted by Gasteiger charge is -2.39. The van der Waals surface area contributed by atoms with Crippen LogP contribution in [0.2, 0.25) is 0 Å². The Hall–Kier alpha value is -7.65. The second kappa shape index (κ2) is 25.9. The number of amides is 5. The number of alkyl carbamates (subject to hydrolysis) is 1. The first kappa shape index (κ1) is 60.0. The molecule has 9 atom stereocenters. The molecular formula is C56H64FN7O19. The van der Waals surface area contributed by atoms with E-state index in [4.69, 9.17) is 33.4 Å². The predicted octanol–water partition coefficient (Wildman–Crippen LogP) is -1.00. The fraction of sp³-hybridized carbons (Fsp3) is 0.500. The van der Waals surface area contributed by atoms with Crippen LogP contribution in [-0.4, -0.2) is 165 Å². The normalized spacial score (nSPS) is 23.5. The van der Waals surface area contributed by atoms with Crippen LogP contribution in [0, 0.1) is 24.6 Å². The molecule has 0 saturated carbocycles. The van der Waals surface area contributed by atoms with Gasteiger partial charge >= 0.3 is 12.1 Å².